The number of carbonyl (C=O) groups is 2. The van der Waals surface area contributed by atoms with Crippen LogP contribution in [-0.2, 0) is 38.6 Å². The van der Waals surface area contributed by atoms with E-state index < -0.39 is 50.5 Å². The topological polar surface area (TPSA) is 152 Å². The summed E-state index contributed by atoms with van der Waals surface area (Å²) < 4.78 is 81.6. The van der Waals surface area contributed by atoms with E-state index >= 15 is 0 Å². The molecule has 0 aliphatic carbocycles. The van der Waals surface area contributed by atoms with Gasteiger partial charge in [-0.2, -0.15) is 13.2 Å². The molecule has 0 spiro atoms. The zero-order valence-corrected chi connectivity index (χ0v) is 35.5. The number of nitrogens with one attached hydrogen (secondary N) is 2. The zero-order chi connectivity index (χ0) is 42.5. The number of piperidine rings is 1. The monoisotopic (exact) mass is 862 g/mol. The number of aromatic nitrogens is 2. The van der Waals surface area contributed by atoms with Crippen LogP contribution in [0.4, 0.5) is 22.8 Å². The summed E-state index contributed by atoms with van der Waals surface area (Å²) in [5.74, 6) is -0.216. The standard InChI is InChI=1S/C38H51Cl2F3N6O7S/c1-8-57(53,54)30-12-11-25(39)18-24(30)20-49-23-46-32-27(33(49)50)19-29(38(41,42)43)28(31(32)40)22-47-15-9-10-26(21-47)48(16-13-44-34(51)55-36(2,3)4)17-14-45-35(52)56-37(5,6)7/h11-12,18-19,23,26H,8-10,13-17,20-22H2,1-7H3,(H,44,51)(H,45,52). The number of rotatable bonds is 13. The van der Waals surface area contributed by atoms with Gasteiger partial charge in [-0.15, -0.1) is 0 Å². The van der Waals surface area contributed by atoms with Crippen LogP contribution in [0.5, 0.6) is 0 Å². The summed E-state index contributed by atoms with van der Waals surface area (Å²) in [4.78, 5) is 46.6. The van der Waals surface area contributed by atoms with Crippen molar-refractivity contribution in [1.82, 2.24) is 30.0 Å². The van der Waals surface area contributed by atoms with Gasteiger partial charge in [0.25, 0.3) is 5.56 Å². The fraction of sp³-hybridized carbons (Fsp3) is 0.579. The van der Waals surface area contributed by atoms with E-state index in [0.717, 1.165) is 17.0 Å². The van der Waals surface area contributed by atoms with Crippen LogP contribution in [0.25, 0.3) is 10.9 Å². The third kappa shape index (κ3) is 12.9. The molecule has 1 saturated heterocycles. The second kappa shape index (κ2) is 18.5. The van der Waals surface area contributed by atoms with E-state index in [0.29, 0.717) is 39.0 Å². The number of carbonyl (C=O) groups excluding carboxylic acids is 2. The summed E-state index contributed by atoms with van der Waals surface area (Å²) in [6.07, 6.45) is -3.62. The van der Waals surface area contributed by atoms with Crippen molar-refractivity contribution in [2.24, 2.45) is 0 Å². The molecule has 19 heteroatoms. The maximum absolute atomic E-state index is 14.8. The molecule has 2 amide bonds. The van der Waals surface area contributed by atoms with Crippen LogP contribution in [0.3, 0.4) is 0 Å². The van der Waals surface area contributed by atoms with Crippen LogP contribution in [0.2, 0.25) is 10.0 Å². The average Bonchev–Trinajstić information content (AvgIpc) is 3.08. The molecule has 2 heterocycles. The summed E-state index contributed by atoms with van der Waals surface area (Å²) in [5.41, 5.74) is -3.50. The van der Waals surface area contributed by atoms with Gasteiger partial charge in [-0.1, -0.05) is 30.1 Å². The Kier molecular flexibility index (Phi) is 15.0. The van der Waals surface area contributed by atoms with Gasteiger partial charge in [-0.25, -0.2) is 23.0 Å². The molecule has 4 rings (SSSR count). The van der Waals surface area contributed by atoms with Crippen molar-refractivity contribution in [2.75, 3.05) is 45.0 Å². The van der Waals surface area contributed by atoms with Crippen LogP contribution in [0, 0.1) is 0 Å². The van der Waals surface area contributed by atoms with E-state index in [1.165, 1.54) is 25.1 Å². The second-order valence-electron chi connectivity index (χ2n) is 15.9. The number of alkyl halides is 3. The molecule has 1 aliphatic rings. The number of likely N-dealkylation sites (tertiary alicyclic amines) is 1. The predicted octanol–water partition coefficient (Wildman–Crippen LogP) is 6.88. The number of alkyl carbamates (subject to hydrolysis) is 2. The molecule has 57 heavy (non-hydrogen) atoms. The number of ether oxygens (including phenoxy) is 2. The molecule has 1 atom stereocenters. The Morgan fingerprint density at radius 2 is 1.56 bits per heavy atom. The molecule has 316 valence electrons. The molecule has 1 unspecified atom stereocenters. The summed E-state index contributed by atoms with van der Waals surface area (Å²) in [7, 11) is -3.73. The van der Waals surface area contributed by atoms with Gasteiger partial charge in [0.2, 0.25) is 0 Å². The lowest BCUT2D eigenvalue weighted by atomic mass is 9.99. The van der Waals surface area contributed by atoms with E-state index in [-0.39, 0.29) is 74.9 Å². The lowest BCUT2D eigenvalue weighted by Crippen LogP contribution is -2.51. The van der Waals surface area contributed by atoms with E-state index in [4.69, 9.17) is 32.7 Å². The molecule has 0 bridgehead atoms. The molecule has 1 aliphatic heterocycles. The van der Waals surface area contributed by atoms with E-state index in [9.17, 15) is 36.0 Å². The number of hydrogen-bond donors (Lipinski definition) is 2. The molecule has 2 aromatic carbocycles. The smallest absolute Gasteiger partial charge is 0.416 e. The third-order valence-electron chi connectivity index (χ3n) is 9.06. The van der Waals surface area contributed by atoms with Crippen LogP contribution >= 0.6 is 23.2 Å². The number of amides is 2. The minimum atomic E-state index is -4.89. The lowest BCUT2D eigenvalue weighted by molar-refractivity contribution is -0.138. The van der Waals surface area contributed by atoms with Crippen molar-refractivity contribution in [3.05, 3.63) is 67.7 Å². The van der Waals surface area contributed by atoms with Crippen molar-refractivity contribution >= 4 is 56.1 Å². The number of nitrogens with zero attached hydrogens (tertiary/aromatic N) is 4. The van der Waals surface area contributed by atoms with Gasteiger partial charge in [0.1, 0.15) is 11.2 Å². The minimum absolute atomic E-state index is 0.0530. The Morgan fingerprint density at radius 1 is 0.965 bits per heavy atom. The number of fused-ring (bicyclic) bond motifs is 1. The average molecular weight is 864 g/mol. The van der Waals surface area contributed by atoms with Crippen LogP contribution in [0.15, 0.2) is 40.3 Å². The van der Waals surface area contributed by atoms with Crippen molar-refractivity contribution in [3.8, 4) is 0 Å². The zero-order valence-electron chi connectivity index (χ0n) is 33.2. The first-order valence-electron chi connectivity index (χ1n) is 18.6. The summed E-state index contributed by atoms with van der Waals surface area (Å²) in [6.45, 7) is 13.4. The number of sulfone groups is 1. The highest BCUT2D eigenvalue weighted by molar-refractivity contribution is 7.91. The molecule has 1 fully saturated rings. The summed E-state index contributed by atoms with van der Waals surface area (Å²) >= 11 is 12.9. The fourth-order valence-electron chi connectivity index (χ4n) is 6.54. The predicted molar refractivity (Wildman–Crippen MR) is 213 cm³/mol. The van der Waals surface area contributed by atoms with Crippen LogP contribution in [0.1, 0.15) is 78.0 Å². The van der Waals surface area contributed by atoms with Crippen LogP contribution < -0.4 is 16.2 Å². The highest BCUT2D eigenvalue weighted by atomic mass is 35.5. The first kappa shape index (κ1) is 46.1. The Labute approximate surface area is 341 Å². The molecule has 0 radical (unpaired) electrons. The molecule has 2 N–H and O–H groups in total. The SMILES string of the molecule is CCS(=O)(=O)c1ccc(Cl)cc1Cn1cnc2c(Cl)c(CN3CCCC(N(CCNC(=O)OC(C)(C)C)CCNC(=O)OC(C)(C)C)C3)c(C(F)(F)F)cc2c1=O. The van der Waals surface area contributed by atoms with Crippen molar-refractivity contribution < 1.29 is 40.7 Å². The quantitative estimate of drug-likeness (QED) is 0.186. The fourth-order valence-corrected chi connectivity index (χ4v) is 8.16. The van der Waals surface area contributed by atoms with Gasteiger partial charge in [0.15, 0.2) is 9.84 Å². The van der Waals surface area contributed by atoms with Gasteiger partial charge < -0.3 is 20.1 Å². The number of hydrogen-bond acceptors (Lipinski definition) is 10. The van der Waals surface area contributed by atoms with Crippen LogP contribution in [-0.4, -0.2) is 102 Å². The van der Waals surface area contributed by atoms with E-state index in [2.05, 4.69) is 20.5 Å². The normalized spacial score (nSPS) is 15.8. The van der Waals surface area contributed by atoms with Gasteiger partial charge in [0, 0.05) is 50.3 Å². The summed E-state index contributed by atoms with van der Waals surface area (Å²) in [5, 5.41) is 5.00. The van der Waals surface area contributed by atoms with Crippen molar-refractivity contribution in [2.45, 2.75) is 103 Å². The van der Waals surface area contributed by atoms with Gasteiger partial charge in [-0.3, -0.25) is 19.2 Å². The molecular weight excluding hydrogens is 812 g/mol. The Hall–Kier alpha value is -3.64. The lowest BCUT2D eigenvalue weighted by Gasteiger charge is -2.40. The second-order valence-corrected chi connectivity index (χ2v) is 18.9. The minimum Gasteiger partial charge on any atom is -0.444 e. The molecule has 3 aromatic rings. The highest BCUT2D eigenvalue weighted by Gasteiger charge is 2.37. The largest absolute Gasteiger partial charge is 0.444 e. The summed E-state index contributed by atoms with van der Waals surface area (Å²) in [6, 6.07) is 4.70. The third-order valence-corrected chi connectivity index (χ3v) is 11.5. The van der Waals surface area contributed by atoms with Gasteiger partial charge >= 0.3 is 18.4 Å². The molecule has 0 saturated carbocycles. The molecule has 1 aromatic heterocycles. The number of benzene rings is 2. The van der Waals surface area contributed by atoms with E-state index in [1.807, 2.05) is 4.90 Å². The Morgan fingerprint density at radius 3 is 2.11 bits per heavy atom. The number of halogens is 5. The van der Waals surface area contributed by atoms with Gasteiger partial charge in [0.05, 0.1) is 45.0 Å². The highest BCUT2D eigenvalue weighted by Crippen LogP contribution is 2.39. The van der Waals surface area contributed by atoms with E-state index in [1.54, 1.807) is 41.5 Å². The Bertz CT molecular complexity index is 2070. The van der Waals surface area contributed by atoms with Gasteiger partial charge in [-0.05, 0) is 96.3 Å². The first-order chi connectivity index (χ1) is 26.4. The van der Waals surface area contributed by atoms with Crippen molar-refractivity contribution in [3.63, 3.8) is 0 Å². The molecule has 13 nitrogen and oxygen atoms in total. The maximum Gasteiger partial charge on any atom is 0.416 e. The molecular formula is C38H51Cl2F3N6O7S. The first-order valence-corrected chi connectivity index (χ1v) is 21.0. The van der Waals surface area contributed by atoms with Crippen molar-refractivity contribution in [1.29, 1.82) is 0 Å². The Balaban J connectivity index is 1.61. The maximum atomic E-state index is 14.8.